The summed E-state index contributed by atoms with van der Waals surface area (Å²) < 4.78 is 5.57. The molecule has 0 atom stereocenters. The fourth-order valence-corrected chi connectivity index (χ4v) is 2.39. The number of benzene rings is 2. The Bertz CT molecular complexity index is 970. The van der Waals surface area contributed by atoms with E-state index in [1.54, 1.807) is 12.1 Å². The molecular weight excluding hydrogens is 290 g/mol. The third kappa shape index (κ3) is 3.01. The summed E-state index contributed by atoms with van der Waals surface area (Å²) >= 11 is 0. The van der Waals surface area contributed by atoms with Gasteiger partial charge in [-0.15, -0.1) is 0 Å². The lowest BCUT2D eigenvalue weighted by atomic mass is 10.1. The van der Waals surface area contributed by atoms with Gasteiger partial charge in [-0.3, -0.25) is 9.59 Å². The molecule has 0 aliphatic carbocycles. The van der Waals surface area contributed by atoms with Crippen molar-refractivity contribution in [3.05, 3.63) is 75.1 Å². The summed E-state index contributed by atoms with van der Waals surface area (Å²) in [4.78, 5) is 24.5. The lowest BCUT2D eigenvalue weighted by molar-refractivity contribution is 0.0997. The topological polar surface area (TPSA) is 59.3 Å². The standard InChI is InChI=1S/C19H17NO3/c1-11-4-7-17-15(8-11)16(21)10-18(23-17)19(22)20-14-6-5-12(2)13(3)9-14/h4-10H,1-3H3,(H,20,22). The number of hydrogen-bond acceptors (Lipinski definition) is 3. The van der Waals surface area contributed by atoms with Gasteiger partial charge in [0.15, 0.2) is 11.2 Å². The third-order valence-electron chi connectivity index (χ3n) is 3.87. The SMILES string of the molecule is Cc1ccc2oc(C(=O)Nc3ccc(C)c(C)c3)cc(=O)c2c1. The van der Waals surface area contributed by atoms with Crippen LogP contribution in [-0.2, 0) is 0 Å². The van der Waals surface area contributed by atoms with Crippen LogP contribution >= 0.6 is 0 Å². The van der Waals surface area contributed by atoms with Gasteiger partial charge >= 0.3 is 0 Å². The van der Waals surface area contributed by atoms with E-state index in [1.807, 2.05) is 45.0 Å². The molecule has 3 aromatic rings. The molecule has 23 heavy (non-hydrogen) atoms. The summed E-state index contributed by atoms with van der Waals surface area (Å²) in [6, 6.07) is 12.2. The number of hydrogen-bond donors (Lipinski definition) is 1. The highest BCUT2D eigenvalue weighted by Crippen LogP contribution is 2.17. The molecule has 1 N–H and O–H groups in total. The Morgan fingerprint density at radius 2 is 1.74 bits per heavy atom. The summed E-state index contributed by atoms with van der Waals surface area (Å²) in [6.07, 6.45) is 0. The van der Waals surface area contributed by atoms with Crippen LogP contribution in [0.5, 0.6) is 0 Å². The van der Waals surface area contributed by atoms with E-state index in [1.165, 1.54) is 6.07 Å². The van der Waals surface area contributed by atoms with E-state index in [-0.39, 0.29) is 11.2 Å². The molecule has 4 heteroatoms. The van der Waals surface area contributed by atoms with Crippen molar-refractivity contribution in [3.8, 4) is 0 Å². The molecule has 0 fully saturated rings. The van der Waals surface area contributed by atoms with Crippen molar-refractivity contribution in [1.82, 2.24) is 0 Å². The lowest BCUT2D eigenvalue weighted by Crippen LogP contribution is -2.15. The highest BCUT2D eigenvalue weighted by Gasteiger charge is 2.13. The van der Waals surface area contributed by atoms with Crippen molar-refractivity contribution in [1.29, 1.82) is 0 Å². The number of nitrogens with one attached hydrogen (secondary N) is 1. The number of amides is 1. The molecule has 0 saturated heterocycles. The quantitative estimate of drug-likeness (QED) is 0.779. The normalized spacial score (nSPS) is 10.7. The Morgan fingerprint density at radius 3 is 2.48 bits per heavy atom. The zero-order chi connectivity index (χ0) is 16.6. The second kappa shape index (κ2) is 5.72. The van der Waals surface area contributed by atoms with Gasteiger partial charge in [-0.25, -0.2) is 0 Å². The number of carbonyl (C=O) groups excluding carboxylic acids is 1. The van der Waals surface area contributed by atoms with Crippen LogP contribution in [0.4, 0.5) is 5.69 Å². The number of anilines is 1. The maximum absolute atomic E-state index is 12.3. The van der Waals surface area contributed by atoms with Crippen LogP contribution in [0, 0.1) is 20.8 Å². The Kier molecular flexibility index (Phi) is 3.74. The summed E-state index contributed by atoms with van der Waals surface area (Å²) in [6.45, 7) is 5.88. The van der Waals surface area contributed by atoms with Gasteiger partial charge in [0.1, 0.15) is 5.58 Å². The summed E-state index contributed by atoms with van der Waals surface area (Å²) in [5.74, 6) is -0.433. The van der Waals surface area contributed by atoms with Crippen molar-refractivity contribution in [2.75, 3.05) is 5.32 Å². The molecule has 0 saturated carbocycles. The zero-order valence-electron chi connectivity index (χ0n) is 13.3. The fraction of sp³-hybridized carbons (Fsp3) is 0.158. The third-order valence-corrected chi connectivity index (χ3v) is 3.87. The summed E-state index contributed by atoms with van der Waals surface area (Å²) in [7, 11) is 0. The summed E-state index contributed by atoms with van der Waals surface area (Å²) in [5, 5.41) is 3.24. The van der Waals surface area contributed by atoms with E-state index in [0.717, 1.165) is 16.7 Å². The first-order chi connectivity index (χ1) is 10.9. The highest BCUT2D eigenvalue weighted by atomic mass is 16.3. The van der Waals surface area contributed by atoms with E-state index < -0.39 is 5.91 Å². The molecule has 0 radical (unpaired) electrons. The smallest absolute Gasteiger partial charge is 0.291 e. The number of fused-ring (bicyclic) bond motifs is 1. The van der Waals surface area contributed by atoms with Crippen LogP contribution < -0.4 is 10.7 Å². The van der Waals surface area contributed by atoms with Gasteiger partial charge in [0.05, 0.1) is 5.39 Å². The Balaban J connectivity index is 1.96. The van der Waals surface area contributed by atoms with Gasteiger partial charge in [0.2, 0.25) is 0 Å². The molecule has 2 aromatic carbocycles. The minimum atomic E-state index is -0.437. The molecule has 0 aliphatic heterocycles. The average molecular weight is 307 g/mol. The molecule has 116 valence electrons. The fourth-order valence-electron chi connectivity index (χ4n) is 2.39. The van der Waals surface area contributed by atoms with Gasteiger partial charge in [-0.1, -0.05) is 17.7 Å². The number of aryl methyl sites for hydroxylation is 3. The molecule has 0 unspecified atom stereocenters. The minimum absolute atomic E-state index is 0.00424. The first kappa shape index (κ1) is 15.0. The second-order valence-corrected chi connectivity index (χ2v) is 5.73. The van der Waals surface area contributed by atoms with E-state index in [9.17, 15) is 9.59 Å². The maximum atomic E-state index is 12.3. The zero-order valence-corrected chi connectivity index (χ0v) is 13.3. The maximum Gasteiger partial charge on any atom is 0.291 e. The first-order valence-electron chi connectivity index (χ1n) is 7.37. The Morgan fingerprint density at radius 1 is 0.957 bits per heavy atom. The molecular formula is C19H17NO3. The van der Waals surface area contributed by atoms with Crippen LogP contribution in [0.2, 0.25) is 0 Å². The molecule has 3 rings (SSSR count). The highest BCUT2D eigenvalue weighted by molar-refractivity contribution is 6.03. The van der Waals surface area contributed by atoms with Gasteiger partial charge < -0.3 is 9.73 Å². The minimum Gasteiger partial charge on any atom is -0.451 e. The van der Waals surface area contributed by atoms with E-state index >= 15 is 0 Å². The van der Waals surface area contributed by atoms with Crippen molar-refractivity contribution >= 4 is 22.6 Å². The van der Waals surface area contributed by atoms with Gasteiger partial charge in [-0.2, -0.15) is 0 Å². The molecule has 0 aliphatic rings. The number of carbonyl (C=O) groups is 1. The van der Waals surface area contributed by atoms with Crippen LogP contribution in [0.3, 0.4) is 0 Å². The molecule has 1 amide bonds. The van der Waals surface area contributed by atoms with Gasteiger partial charge in [-0.05, 0) is 56.2 Å². The molecule has 0 bridgehead atoms. The number of rotatable bonds is 2. The van der Waals surface area contributed by atoms with E-state index in [0.29, 0.717) is 16.7 Å². The van der Waals surface area contributed by atoms with Crippen LogP contribution in [0.25, 0.3) is 11.0 Å². The van der Waals surface area contributed by atoms with Crippen molar-refractivity contribution in [2.24, 2.45) is 0 Å². The van der Waals surface area contributed by atoms with Gasteiger partial charge in [0, 0.05) is 11.8 Å². The lowest BCUT2D eigenvalue weighted by Gasteiger charge is -2.08. The summed E-state index contributed by atoms with van der Waals surface area (Å²) in [5.41, 5.74) is 4.06. The van der Waals surface area contributed by atoms with Crippen molar-refractivity contribution < 1.29 is 9.21 Å². The van der Waals surface area contributed by atoms with Crippen LogP contribution in [-0.4, -0.2) is 5.91 Å². The second-order valence-electron chi connectivity index (χ2n) is 5.73. The van der Waals surface area contributed by atoms with E-state index in [2.05, 4.69) is 5.32 Å². The van der Waals surface area contributed by atoms with Crippen LogP contribution in [0.1, 0.15) is 27.2 Å². The first-order valence-corrected chi connectivity index (χ1v) is 7.37. The van der Waals surface area contributed by atoms with Crippen LogP contribution in [0.15, 0.2) is 51.7 Å². The monoisotopic (exact) mass is 307 g/mol. The van der Waals surface area contributed by atoms with Crippen molar-refractivity contribution in [2.45, 2.75) is 20.8 Å². The molecule has 4 nitrogen and oxygen atoms in total. The van der Waals surface area contributed by atoms with E-state index in [4.69, 9.17) is 4.42 Å². The molecule has 1 aromatic heterocycles. The average Bonchev–Trinajstić information content (AvgIpc) is 2.51. The predicted molar refractivity (Wildman–Crippen MR) is 91.1 cm³/mol. The molecule has 0 spiro atoms. The Hall–Kier alpha value is -2.88. The largest absolute Gasteiger partial charge is 0.451 e. The predicted octanol–water partition coefficient (Wildman–Crippen LogP) is 3.97. The van der Waals surface area contributed by atoms with Crippen molar-refractivity contribution in [3.63, 3.8) is 0 Å². The molecule has 1 heterocycles. The van der Waals surface area contributed by atoms with Gasteiger partial charge in [0.25, 0.3) is 5.91 Å². The Labute approximate surface area is 133 Å².